The fourth-order valence-corrected chi connectivity index (χ4v) is 2.58. The van der Waals surface area contributed by atoms with Gasteiger partial charge in [0.2, 0.25) is 0 Å². The Morgan fingerprint density at radius 1 is 1.33 bits per heavy atom. The second-order valence-corrected chi connectivity index (χ2v) is 5.05. The van der Waals surface area contributed by atoms with Crippen molar-refractivity contribution in [3.63, 3.8) is 0 Å². The lowest BCUT2D eigenvalue weighted by Crippen LogP contribution is -1.89. The van der Waals surface area contributed by atoms with Gasteiger partial charge in [-0.05, 0) is 25.1 Å². The second-order valence-electron chi connectivity index (χ2n) is 4.16. The van der Waals surface area contributed by atoms with E-state index < -0.39 is 6.10 Å². The highest BCUT2D eigenvalue weighted by Gasteiger charge is 2.10. The Hall–Kier alpha value is -1.72. The number of oxazole rings is 1. The van der Waals surface area contributed by atoms with Gasteiger partial charge in [-0.15, -0.1) is 11.3 Å². The predicted molar refractivity (Wildman–Crippen MR) is 70.5 cm³/mol. The minimum atomic E-state index is -0.526. The number of thiazole rings is 1. The molecular weight excluding hydrogens is 248 g/mol. The van der Waals surface area contributed by atoms with Gasteiger partial charge in [-0.2, -0.15) is 0 Å². The summed E-state index contributed by atoms with van der Waals surface area (Å²) >= 11 is 1.46. The highest BCUT2D eigenvalue weighted by atomic mass is 32.1. The lowest BCUT2D eigenvalue weighted by molar-refractivity contribution is 0.199. The Morgan fingerprint density at radius 2 is 2.17 bits per heavy atom. The van der Waals surface area contributed by atoms with Gasteiger partial charge in [0.05, 0.1) is 5.69 Å². The third kappa shape index (κ3) is 1.91. The number of hydrogen-bond donors (Lipinski definition) is 1. The second kappa shape index (κ2) is 4.19. The van der Waals surface area contributed by atoms with Crippen LogP contribution in [0.15, 0.2) is 28.0 Å². The van der Waals surface area contributed by atoms with Gasteiger partial charge in [0.25, 0.3) is 0 Å². The van der Waals surface area contributed by atoms with Crippen molar-refractivity contribution in [2.45, 2.75) is 20.0 Å². The number of aliphatic hydroxyl groups is 1. The molecule has 0 saturated heterocycles. The van der Waals surface area contributed by atoms with E-state index in [4.69, 9.17) is 4.42 Å². The number of benzene rings is 1. The highest BCUT2D eigenvalue weighted by molar-refractivity contribution is 7.10. The van der Waals surface area contributed by atoms with E-state index in [1.54, 1.807) is 6.92 Å². The Labute approximate surface area is 108 Å². The molecule has 0 radical (unpaired) electrons. The number of hydrogen-bond acceptors (Lipinski definition) is 5. The maximum absolute atomic E-state index is 9.48. The maximum atomic E-state index is 9.48. The topological polar surface area (TPSA) is 59.2 Å². The summed E-state index contributed by atoms with van der Waals surface area (Å²) in [4.78, 5) is 8.70. The largest absolute Gasteiger partial charge is 0.441 e. The fourth-order valence-electron chi connectivity index (χ4n) is 1.81. The van der Waals surface area contributed by atoms with Gasteiger partial charge in [0.15, 0.2) is 11.5 Å². The van der Waals surface area contributed by atoms with Crippen LogP contribution in [-0.2, 0) is 0 Å². The summed E-state index contributed by atoms with van der Waals surface area (Å²) in [6.45, 7) is 3.54. The van der Waals surface area contributed by atoms with E-state index in [-0.39, 0.29) is 0 Å². The molecule has 0 aliphatic rings. The van der Waals surface area contributed by atoms with Crippen LogP contribution in [0.1, 0.15) is 23.9 Å². The Balaban J connectivity index is 2.06. The molecule has 1 unspecified atom stereocenters. The standard InChI is InChI=1S/C13H12N2O2S/c1-7(16)13-15-11(6-18-13)9-3-4-12-10(5-9)14-8(2)17-12/h3-7,16H,1-2H3. The van der Waals surface area contributed by atoms with Crippen LogP contribution in [0.25, 0.3) is 22.4 Å². The van der Waals surface area contributed by atoms with E-state index in [9.17, 15) is 5.11 Å². The minimum absolute atomic E-state index is 0.526. The normalized spacial score (nSPS) is 13.1. The number of aliphatic hydroxyl groups excluding tert-OH is 1. The molecule has 3 rings (SSSR count). The van der Waals surface area contributed by atoms with Gasteiger partial charge in [-0.25, -0.2) is 9.97 Å². The summed E-state index contributed by atoms with van der Waals surface area (Å²) < 4.78 is 5.43. The molecule has 3 aromatic rings. The first-order valence-electron chi connectivity index (χ1n) is 5.64. The lowest BCUT2D eigenvalue weighted by Gasteiger charge is -1.97. The quantitative estimate of drug-likeness (QED) is 0.768. The zero-order valence-electron chi connectivity index (χ0n) is 10.0. The molecule has 0 fully saturated rings. The Bertz CT molecular complexity index is 700. The minimum Gasteiger partial charge on any atom is -0.441 e. The van der Waals surface area contributed by atoms with Crippen LogP contribution in [0.4, 0.5) is 0 Å². The molecule has 92 valence electrons. The third-order valence-electron chi connectivity index (χ3n) is 2.67. The van der Waals surface area contributed by atoms with Gasteiger partial charge in [-0.3, -0.25) is 0 Å². The van der Waals surface area contributed by atoms with Crippen LogP contribution in [0.5, 0.6) is 0 Å². The van der Waals surface area contributed by atoms with Gasteiger partial charge in [-0.1, -0.05) is 0 Å². The first-order valence-corrected chi connectivity index (χ1v) is 6.52. The van der Waals surface area contributed by atoms with Crippen molar-refractivity contribution in [3.8, 4) is 11.3 Å². The van der Waals surface area contributed by atoms with Gasteiger partial charge in [0, 0.05) is 17.9 Å². The molecule has 0 bridgehead atoms. The molecule has 1 atom stereocenters. The number of aryl methyl sites for hydroxylation is 1. The fraction of sp³-hybridized carbons (Fsp3) is 0.231. The molecule has 5 heteroatoms. The highest BCUT2D eigenvalue weighted by Crippen LogP contribution is 2.27. The first kappa shape index (κ1) is 11.4. The summed E-state index contributed by atoms with van der Waals surface area (Å²) in [5, 5.41) is 12.1. The number of aromatic nitrogens is 2. The van der Waals surface area contributed by atoms with Crippen LogP contribution in [-0.4, -0.2) is 15.1 Å². The van der Waals surface area contributed by atoms with Crippen molar-refractivity contribution in [1.29, 1.82) is 0 Å². The summed E-state index contributed by atoms with van der Waals surface area (Å²) in [7, 11) is 0. The third-order valence-corrected chi connectivity index (χ3v) is 3.68. The van der Waals surface area contributed by atoms with Crippen molar-refractivity contribution in [1.82, 2.24) is 9.97 Å². The Morgan fingerprint density at radius 3 is 2.89 bits per heavy atom. The van der Waals surface area contributed by atoms with Crippen LogP contribution in [0.2, 0.25) is 0 Å². The summed E-state index contributed by atoms with van der Waals surface area (Å²) in [5.41, 5.74) is 3.45. The lowest BCUT2D eigenvalue weighted by atomic mass is 10.1. The summed E-state index contributed by atoms with van der Waals surface area (Å²) in [6, 6.07) is 5.80. The zero-order valence-corrected chi connectivity index (χ0v) is 10.9. The first-order chi connectivity index (χ1) is 8.63. The van der Waals surface area contributed by atoms with Crippen molar-refractivity contribution >= 4 is 22.4 Å². The van der Waals surface area contributed by atoms with E-state index in [0.29, 0.717) is 5.89 Å². The van der Waals surface area contributed by atoms with E-state index >= 15 is 0 Å². The van der Waals surface area contributed by atoms with Crippen molar-refractivity contribution in [3.05, 3.63) is 34.5 Å². The smallest absolute Gasteiger partial charge is 0.192 e. The molecule has 18 heavy (non-hydrogen) atoms. The number of rotatable bonds is 2. The molecule has 0 saturated carbocycles. The average Bonchev–Trinajstić information content (AvgIpc) is 2.91. The molecule has 4 nitrogen and oxygen atoms in total. The van der Waals surface area contributed by atoms with Crippen LogP contribution in [0, 0.1) is 6.92 Å². The van der Waals surface area contributed by atoms with Crippen molar-refractivity contribution in [2.24, 2.45) is 0 Å². The molecule has 1 aromatic carbocycles. The van der Waals surface area contributed by atoms with E-state index in [1.807, 2.05) is 30.5 Å². The predicted octanol–water partition coefficient (Wildman–Crippen LogP) is 3.31. The molecule has 2 aromatic heterocycles. The molecule has 0 spiro atoms. The van der Waals surface area contributed by atoms with Gasteiger partial charge in [0.1, 0.15) is 16.6 Å². The average molecular weight is 260 g/mol. The molecule has 1 N–H and O–H groups in total. The summed E-state index contributed by atoms with van der Waals surface area (Å²) in [6.07, 6.45) is -0.526. The Kier molecular flexibility index (Phi) is 2.65. The van der Waals surface area contributed by atoms with Crippen LogP contribution < -0.4 is 0 Å². The molecule has 0 amide bonds. The van der Waals surface area contributed by atoms with Gasteiger partial charge < -0.3 is 9.52 Å². The zero-order chi connectivity index (χ0) is 12.7. The van der Waals surface area contributed by atoms with Crippen LogP contribution >= 0.6 is 11.3 Å². The summed E-state index contributed by atoms with van der Waals surface area (Å²) in [5.74, 6) is 0.657. The monoisotopic (exact) mass is 260 g/mol. The van der Waals surface area contributed by atoms with E-state index in [1.165, 1.54) is 11.3 Å². The molecule has 0 aliphatic carbocycles. The van der Waals surface area contributed by atoms with Crippen molar-refractivity contribution in [2.75, 3.05) is 0 Å². The van der Waals surface area contributed by atoms with Gasteiger partial charge >= 0.3 is 0 Å². The number of fused-ring (bicyclic) bond motifs is 1. The maximum Gasteiger partial charge on any atom is 0.192 e. The SMILES string of the molecule is Cc1nc2cc(-c3csc(C(C)O)n3)ccc2o1. The van der Waals surface area contributed by atoms with E-state index in [2.05, 4.69) is 9.97 Å². The molecule has 0 aliphatic heterocycles. The molecule has 2 heterocycles. The molecular formula is C13H12N2O2S. The van der Waals surface area contributed by atoms with Crippen molar-refractivity contribution < 1.29 is 9.52 Å². The number of nitrogens with zero attached hydrogens (tertiary/aromatic N) is 2. The van der Waals surface area contributed by atoms with Crippen LogP contribution in [0.3, 0.4) is 0 Å². The van der Waals surface area contributed by atoms with E-state index in [0.717, 1.165) is 27.4 Å².